The molecule has 1 heterocycles. The summed E-state index contributed by atoms with van der Waals surface area (Å²) in [4.78, 5) is 0. The Morgan fingerprint density at radius 1 is 1.38 bits per heavy atom. The molecule has 0 saturated heterocycles. The van der Waals surface area contributed by atoms with Crippen molar-refractivity contribution in [3.8, 4) is 17.6 Å². The van der Waals surface area contributed by atoms with Crippen molar-refractivity contribution in [2.75, 3.05) is 7.11 Å². The first-order chi connectivity index (χ1) is 10.1. The molecule has 110 valence electrons. The topological polar surface area (TPSA) is 60.1 Å². The molecule has 0 atom stereocenters. The number of hydrogen-bond donors (Lipinski definition) is 0. The van der Waals surface area contributed by atoms with Crippen molar-refractivity contribution in [3.63, 3.8) is 0 Å². The van der Waals surface area contributed by atoms with E-state index in [1.165, 1.54) is 7.11 Å². The van der Waals surface area contributed by atoms with Gasteiger partial charge in [-0.15, -0.1) is 0 Å². The summed E-state index contributed by atoms with van der Waals surface area (Å²) in [7, 11) is 1.54. The summed E-state index contributed by atoms with van der Waals surface area (Å²) in [6.07, 6.45) is 0. The van der Waals surface area contributed by atoms with Crippen molar-refractivity contribution < 1.29 is 9.47 Å². The van der Waals surface area contributed by atoms with Gasteiger partial charge in [-0.25, -0.2) is 0 Å². The molecule has 2 aromatic rings. The molecule has 1 aromatic carbocycles. The summed E-state index contributed by atoms with van der Waals surface area (Å²) < 4.78 is 12.8. The first-order valence-electron chi connectivity index (χ1n) is 6.53. The van der Waals surface area contributed by atoms with Gasteiger partial charge in [0, 0.05) is 12.6 Å². The Morgan fingerprint density at radius 3 is 2.76 bits per heavy atom. The zero-order valence-corrected chi connectivity index (χ0v) is 12.9. The van der Waals surface area contributed by atoms with E-state index < -0.39 is 0 Å². The largest absolute Gasteiger partial charge is 0.493 e. The van der Waals surface area contributed by atoms with Gasteiger partial charge in [0.2, 0.25) is 0 Å². The summed E-state index contributed by atoms with van der Waals surface area (Å²) in [5, 5.41) is 13.8. The van der Waals surface area contributed by atoms with Crippen LogP contribution in [-0.2, 0) is 13.2 Å². The summed E-state index contributed by atoms with van der Waals surface area (Å²) in [6, 6.07) is 7.10. The van der Waals surface area contributed by atoms with E-state index in [-0.39, 0.29) is 6.61 Å². The van der Waals surface area contributed by atoms with Crippen molar-refractivity contribution in [1.29, 1.82) is 5.26 Å². The number of benzene rings is 1. The first-order valence-corrected chi connectivity index (χ1v) is 6.91. The van der Waals surface area contributed by atoms with E-state index in [2.05, 4.69) is 11.2 Å². The maximum Gasteiger partial charge on any atom is 0.162 e. The van der Waals surface area contributed by atoms with Crippen molar-refractivity contribution in [2.24, 2.45) is 0 Å². The van der Waals surface area contributed by atoms with E-state index in [4.69, 9.17) is 26.3 Å². The Hall–Kier alpha value is -2.19. The minimum absolute atomic E-state index is 0.287. The molecule has 0 saturated carbocycles. The molecule has 0 aliphatic rings. The number of hydrogen-bond acceptors (Lipinski definition) is 4. The van der Waals surface area contributed by atoms with E-state index in [9.17, 15) is 0 Å². The highest BCUT2D eigenvalue weighted by Crippen LogP contribution is 2.30. The average molecular weight is 306 g/mol. The van der Waals surface area contributed by atoms with Gasteiger partial charge in [0.05, 0.1) is 35.2 Å². The highest BCUT2D eigenvalue weighted by Gasteiger charge is 2.14. The van der Waals surface area contributed by atoms with E-state index in [0.29, 0.717) is 22.1 Å². The van der Waals surface area contributed by atoms with Crippen LogP contribution < -0.4 is 9.47 Å². The molecule has 0 N–H and O–H groups in total. The molecule has 6 heteroatoms. The fourth-order valence-electron chi connectivity index (χ4n) is 2.01. The molecule has 0 bridgehead atoms. The maximum absolute atomic E-state index is 8.89. The van der Waals surface area contributed by atoms with Crippen LogP contribution in [0.1, 0.15) is 23.9 Å². The summed E-state index contributed by atoms with van der Waals surface area (Å²) in [5.41, 5.74) is 2.12. The van der Waals surface area contributed by atoms with Gasteiger partial charge < -0.3 is 9.47 Å². The lowest BCUT2D eigenvalue weighted by atomic mass is 10.2. The van der Waals surface area contributed by atoms with Crippen LogP contribution in [0.3, 0.4) is 0 Å². The third-order valence-electron chi connectivity index (χ3n) is 3.11. The molecule has 0 aliphatic carbocycles. The van der Waals surface area contributed by atoms with E-state index in [1.54, 1.807) is 18.2 Å². The van der Waals surface area contributed by atoms with Crippen LogP contribution >= 0.6 is 11.6 Å². The predicted octanol–water partition coefficient (Wildman–Crippen LogP) is 3.32. The SMILES string of the molecule is CCn1nc(C)c(Cl)c1COc1ccc(C#N)cc1OC. The summed E-state index contributed by atoms with van der Waals surface area (Å²) in [5.74, 6) is 1.08. The number of aryl methyl sites for hydroxylation is 2. The van der Waals surface area contributed by atoms with Crippen LogP contribution in [0.25, 0.3) is 0 Å². The van der Waals surface area contributed by atoms with Crippen LogP contribution in [0.15, 0.2) is 18.2 Å². The minimum Gasteiger partial charge on any atom is -0.493 e. The van der Waals surface area contributed by atoms with Crippen molar-refractivity contribution in [1.82, 2.24) is 9.78 Å². The highest BCUT2D eigenvalue weighted by atomic mass is 35.5. The van der Waals surface area contributed by atoms with Crippen LogP contribution in [-0.4, -0.2) is 16.9 Å². The number of methoxy groups -OCH3 is 1. The second-order valence-electron chi connectivity index (χ2n) is 4.43. The maximum atomic E-state index is 8.89. The smallest absolute Gasteiger partial charge is 0.162 e. The van der Waals surface area contributed by atoms with Crippen molar-refractivity contribution in [3.05, 3.63) is 40.2 Å². The second-order valence-corrected chi connectivity index (χ2v) is 4.81. The number of halogens is 1. The molecule has 21 heavy (non-hydrogen) atoms. The molecule has 0 fully saturated rings. The first kappa shape index (κ1) is 15.2. The lowest BCUT2D eigenvalue weighted by Crippen LogP contribution is -2.07. The fourth-order valence-corrected chi connectivity index (χ4v) is 2.20. The summed E-state index contributed by atoms with van der Waals surface area (Å²) >= 11 is 6.24. The molecule has 1 aromatic heterocycles. The van der Waals surface area contributed by atoms with Gasteiger partial charge in [0.25, 0.3) is 0 Å². The van der Waals surface area contributed by atoms with Gasteiger partial charge >= 0.3 is 0 Å². The number of ether oxygens (including phenoxy) is 2. The quantitative estimate of drug-likeness (QED) is 0.850. The zero-order valence-electron chi connectivity index (χ0n) is 12.2. The van der Waals surface area contributed by atoms with Crippen molar-refractivity contribution in [2.45, 2.75) is 27.0 Å². The standard InChI is InChI=1S/C15H16ClN3O2/c1-4-19-12(15(16)10(2)18-19)9-21-13-6-5-11(8-17)7-14(13)20-3/h5-7H,4,9H2,1-3H3. The van der Waals surface area contributed by atoms with Gasteiger partial charge in [0.15, 0.2) is 11.5 Å². The van der Waals surface area contributed by atoms with Crippen LogP contribution in [0.4, 0.5) is 0 Å². The lowest BCUT2D eigenvalue weighted by Gasteiger charge is -2.11. The van der Waals surface area contributed by atoms with E-state index >= 15 is 0 Å². The Morgan fingerprint density at radius 2 is 2.14 bits per heavy atom. The third-order valence-corrected chi connectivity index (χ3v) is 3.60. The molecule has 0 amide bonds. The van der Waals surface area contributed by atoms with Gasteiger partial charge in [-0.3, -0.25) is 4.68 Å². The average Bonchev–Trinajstić information content (AvgIpc) is 2.79. The zero-order chi connectivity index (χ0) is 15.4. The van der Waals surface area contributed by atoms with Crippen LogP contribution in [0.2, 0.25) is 5.02 Å². The van der Waals surface area contributed by atoms with Gasteiger partial charge in [0.1, 0.15) is 6.61 Å². The Labute approximate surface area is 128 Å². The number of aromatic nitrogens is 2. The molecular weight excluding hydrogens is 290 g/mol. The monoisotopic (exact) mass is 305 g/mol. The van der Waals surface area contributed by atoms with Gasteiger partial charge in [-0.2, -0.15) is 10.4 Å². The predicted molar refractivity (Wildman–Crippen MR) is 79.7 cm³/mol. The minimum atomic E-state index is 0.287. The highest BCUT2D eigenvalue weighted by molar-refractivity contribution is 6.31. The lowest BCUT2D eigenvalue weighted by molar-refractivity contribution is 0.274. The normalized spacial score (nSPS) is 10.2. The van der Waals surface area contributed by atoms with E-state index in [0.717, 1.165) is 17.9 Å². The molecule has 0 unspecified atom stereocenters. The third kappa shape index (κ3) is 3.11. The molecular formula is C15H16ClN3O2. The van der Waals surface area contributed by atoms with Gasteiger partial charge in [-0.05, 0) is 26.0 Å². The van der Waals surface area contributed by atoms with Crippen LogP contribution in [0, 0.1) is 18.3 Å². The summed E-state index contributed by atoms with van der Waals surface area (Å²) in [6.45, 7) is 4.86. The Bertz CT molecular complexity index is 689. The Kier molecular flexibility index (Phi) is 4.71. The number of nitriles is 1. The Balaban J connectivity index is 2.23. The van der Waals surface area contributed by atoms with Crippen molar-refractivity contribution >= 4 is 11.6 Å². The number of rotatable bonds is 5. The van der Waals surface area contributed by atoms with E-state index in [1.807, 2.05) is 18.5 Å². The molecule has 0 aliphatic heterocycles. The van der Waals surface area contributed by atoms with Crippen LogP contribution in [0.5, 0.6) is 11.5 Å². The second kappa shape index (κ2) is 6.51. The molecule has 0 spiro atoms. The number of nitrogens with zero attached hydrogens (tertiary/aromatic N) is 3. The molecule has 5 nitrogen and oxygen atoms in total. The molecule has 0 radical (unpaired) electrons. The fraction of sp³-hybridized carbons (Fsp3) is 0.333. The van der Waals surface area contributed by atoms with Gasteiger partial charge in [-0.1, -0.05) is 11.6 Å². The molecule has 2 rings (SSSR count).